The predicted octanol–water partition coefficient (Wildman–Crippen LogP) is 3.34. The van der Waals surface area contributed by atoms with Crippen LogP contribution in [0, 0.1) is 0 Å². The number of hydrogen-bond donors (Lipinski definition) is 1. The maximum atomic E-state index is 9.69. The third-order valence-electron chi connectivity index (χ3n) is 5.91. The number of aliphatic hydroxyl groups excluding tert-OH is 1. The second-order valence-electron chi connectivity index (χ2n) is 7.97. The predicted molar refractivity (Wildman–Crippen MR) is 122 cm³/mol. The topological polar surface area (TPSA) is 53.8 Å². The normalized spacial score (nSPS) is 17.7. The van der Waals surface area contributed by atoms with Gasteiger partial charge in [-0.3, -0.25) is 9.80 Å². The number of ether oxygens (including phenoxy) is 1. The average molecular weight is 421 g/mol. The van der Waals surface area contributed by atoms with E-state index in [1.807, 2.05) is 43.5 Å². The lowest BCUT2D eigenvalue weighted by Gasteiger charge is -2.41. The van der Waals surface area contributed by atoms with Crippen LogP contribution in [0.2, 0.25) is 0 Å². The highest BCUT2D eigenvalue weighted by molar-refractivity contribution is 5.33. The van der Waals surface area contributed by atoms with Crippen molar-refractivity contribution in [2.45, 2.75) is 32.5 Å². The van der Waals surface area contributed by atoms with Gasteiger partial charge in [-0.1, -0.05) is 24.3 Å². The van der Waals surface area contributed by atoms with Gasteiger partial charge >= 0.3 is 0 Å². The Hall–Kier alpha value is -2.67. The number of nitrogens with zero attached hydrogens (tertiary/aromatic N) is 4. The van der Waals surface area contributed by atoms with Crippen LogP contribution in [-0.2, 0) is 13.1 Å². The Morgan fingerprint density at radius 1 is 1.03 bits per heavy atom. The Morgan fingerprint density at radius 3 is 2.71 bits per heavy atom. The summed E-state index contributed by atoms with van der Waals surface area (Å²) in [6, 6.07) is 18.8. The van der Waals surface area contributed by atoms with Crippen molar-refractivity contribution in [3.8, 4) is 11.6 Å². The number of rotatable bonds is 9. The van der Waals surface area contributed by atoms with Gasteiger partial charge < -0.3 is 14.4 Å². The van der Waals surface area contributed by atoms with Crippen LogP contribution in [0.4, 0.5) is 0 Å². The standard InChI is InChI=1S/C25H32N4O2/c1-2-31-24-10-4-3-8-21(24)18-28-16-15-27(19-22(28)12-17-30)20-23-9-7-14-29(23)25-11-5-6-13-26-25/h3-11,13-14,22,30H,2,12,15-20H2,1H3. The van der Waals surface area contributed by atoms with Crippen molar-refractivity contribution in [1.29, 1.82) is 0 Å². The van der Waals surface area contributed by atoms with Crippen molar-refractivity contribution < 1.29 is 9.84 Å². The van der Waals surface area contributed by atoms with Crippen molar-refractivity contribution in [3.05, 3.63) is 78.2 Å². The lowest BCUT2D eigenvalue weighted by Crippen LogP contribution is -2.52. The molecule has 6 heteroatoms. The maximum absolute atomic E-state index is 9.69. The number of aromatic nitrogens is 2. The number of hydrogen-bond acceptors (Lipinski definition) is 5. The van der Waals surface area contributed by atoms with Crippen molar-refractivity contribution in [3.63, 3.8) is 0 Å². The molecule has 0 saturated carbocycles. The van der Waals surface area contributed by atoms with Gasteiger partial charge in [0, 0.05) is 69.0 Å². The van der Waals surface area contributed by atoms with Gasteiger partial charge in [0.2, 0.25) is 0 Å². The van der Waals surface area contributed by atoms with Gasteiger partial charge in [0.05, 0.1) is 6.61 Å². The molecule has 31 heavy (non-hydrogen) atoms. The zero-order chi connectivity index (χ0) is 21.5. The molecule has 0 aliphatic carbocycles. The van der Waals surface area contributed by atoms with Crippen LogP contribution in [0.1, 0.15) is 24.6 Å². The summed E-state index contributed by atoms with van der Waals surface area (Å²) in [5.41, 5.74) is 2.45. The molecule has 3 aromatic rings. The smallest absolute Gasteiger partial charge is 0.136 e. The Labute approximate surface area is 184 Å². The summed E-state index contributed by atoms with van der Waals surface area (Å²) in [4.78, 5) is 9.47. The molecule has 1 aliphatic heterocycles. The summed E-state index contributed by atoms with van der Waals surface area (Å²) < 4.78 is 7.98. The molecule has 2 aromatic heterocycles. The van der Waals surface area contributed by atoms with Crippen molar-refractivity contribution in [2.24, 2.45) is 0 Å². The molecule has 1 N–H and O–H groups in total. The third kappa shape index (κ3) is 5.34. The van der Waals surface area contributed by atoms with Crippen LogP contribution >= 0.6 is 0 Å². The van der Waals surface area contributed by atoms with Gasteiger partial charge in [-0.15, -0.1) is 0 Å². The molecule has 1 aromatic carbocycles. The first kappa shape index (κ1) is 21.6. The van der Waals surface area contributed by atoms with Crippen LogP contribution in [0.25, 0.3) is 5.82 Å². The van der Waals surface area contributed by atoms with E-state index >= 15 is 0 Å². The van der Waals surface area contributed by atoms with Crippen LogP contribution in [0.5, 0.6) is 5.75 Å². The quantitative estimate of drug-likeness (QED) is 0.575. The largest absolute Gasteiger partial charge is 0.494 e. The summed E-state index contributed by atoms with van der Waals surface area (Å²) in [6.45, 7) is 7.50. The zero-order valence-electron chi connectivity index (χ0n) is 18.2. The van der Waals surface area contributed by atoms with E-state index in [1.54, 1.807) is 0 Å². The second-order valence-corrected chi connectivity index (χ2v) is 7.97. The van der Waals surface area contributed by atoms with Crippen LogP contribution in [-0.4, -0.2) is 63.3 Å². The minimum Gasteiger partial charge on any atom is -0.494 e. The number of piperazine rings is 1. The zero-order valence-corrected chi connectivity index (χ0v) is 18.2. The second kappa shape index (κ2) is 10.6. The summed E-state index contributed by atoms with van der Waals surface area (Å²) in [5, 5.41) is 9.69. The molecule has 3 heterocycles. The van der Waals surface area contributed by atoms with E-state index in [1.165, 1.54) is 11.3 Å². The summed E-state index contributed by atoms with van der Waals surface area (Å²) >= 11 is 0. The molecule has 0 spiro atoms. The third-order valence-corrected chi connectivity index (χ3v) is 5.91. The minimum absolute atomic E-state index is 0.201. The molecular formula is C25H32N4O2. The molecule has 164 valence electrons. The van der Waals surface area contributed by atoms with E-state index < -0.39 is 0 Å². The first-order chi connectivity index (χ1) is 15.3. The van der Waals surface area contributed by atoms with Crippen molar-refractivity contribution in [1.82, 2.24) is 19.4 Å². The highest BCUT2D eigenvalue weighted by Crippen LogP contribution is 2.24. The Balaban J connectivity index is 1.44. The number of aliphatic hydroxyl groups is 1. The van der Waals surface area contributed by atoms with Gasteiger partial charge in [0.25, 0.3) is 0 Å². The van der Waals surface area contributed by atoms with Gasteiger partial charge in [-0.2, -0.15) is 0 Å². The number of para-hydroxylation sites is 1. The molecule has 6 nitrogen and oxygen atoms in total. The molecule has 1 atom stereocenters. The van der Waals surface area contributed by atoms with E-state index in [-0.39, 0.29) is 6.61 Å². The van der Waals surface area contributed by atoms with Crippen LogP contribution in [0.3, 0.4) is 0 Å². The lowest BCUT2D eigenvalue weighted by molar-refractivity contribution is 0.0486. The Morgan fingerprint density at radius 2 is 1.90 bits per heavy atom. The Bertz CT molecular complexity index is 943. The number of benzene rings is 1. The van der Waals surface area contributed by atoms with Crippen LogP contribution < -0.4 is 4.74 Å². The molecule has 1 fully saturated rings. The Kier molecular flexibility index (Phi) is 7.35. The minimum atomic E-state index is 0.201. The summed E-state index contributed by atoms with van der Waals surface area (Å²) in [5.74, 6) is 1.91. The molecule has 1 saturated heterocycles. The summed E-state index contributed by atoms with van der Waals surface area (Å²) in [7, 11) is 0. The van der Waals surface area contributed by atoms with Gasteiger partial charge in [-0.05, 0) is 43.7 Å². The fourth-order valence-corrected chi connectivity index (χ4v) is 4.38. The highest BCUT2D eigenvalue weighted by Gasteiger charge is 2.27. The van der Waals surface area contributed by atoms with E-state index in [0.717, 1.165) is 50.7 Å². The molecule has 0 bridgehead atoms. The van der Waals surface area contributed by atoms with Gasteiger partial charge in [-0.25, -0.2) is 4.98 Å². The lowest BCUT2D eigenvalue weighted by atomic mass is 10.1. The summed E-state index contributed by atoms with van der Waals surface area (Å²) in [6.07, 6.45) is 4.67. The van der Waals surface area contributed by atoms with E-state index in [0.29, 0.717) is 12.6 Å². The monoisotopic (exact) mass is 420 g/mol. The first-order valence-corrected chi connectivity index (χ1v) is 11.1. The average Bonchev–Trinajstić information content (AvgIpc) is 3.26. The van der Waals surface area contributed by atoms with E-state index in [2.05, 4.69) is 49.8 Å². The SMILES string of the molecule is CCOc1ccccc1CN1CCN(Cc2cccn2-c2ccccn2)CC1CCO. The maximum Gasteiger partial charge on any atom is 0.136 e. The molecule has 1 aliphatic rings. The number of pyridine rings is 1. The first-order valence-electron chi connectivity index (χ1n) is 11.1. The van der Waals surface area contributed by atoms with E-state index in [9.17, 15) is 5.11 Å². The highest BCUT2D eigenvalue weighted by atomic mass is 16.5. The van der Waals surface area contributed by atoms with E-state index in [4.69, 9.17) is 4.74 Å². The molecule has 0 amide bonds. The van der Waals surface area contributed by atoms with Crippen molar-refractivity contribution in [2.75, 3.05) is 32.8 Å². The van der Waals surface area contributed by atoms with Gasteiger partial charge in [0.1, 0.15) is 11.6 Å². The molecule has 4 rings (SSSR count). The van der Waals surface area contributed by atoms with Gasteiger partial charge in [0.15, 0.2) is 0 Å². The molecule has 1 unspecified atom stereocenters. The molecule has 0 radical (unpaired) electrons. The van der Waals surface area contributed by atoms with Crippen LogP contribution in [0.15, 0.2) is 67.0 Å². The fourth-order valence-electron chi connectivity index (χ4n) is 4.38. The van der Waals surface area contributed by atoms with Crippen molar-refractivity contribution >= 4 is 0 Å². The molecular weight excluding hydrogens is 388 g/mol. The fraction of sp³-hybridized carbons (Fsp3) is 0.400.